The summed E-state index contributed by atoms with van der Waals surface area (Å²) in [5, 5.41) is 4.62. The molecule has 1 heterocycles. The van der Waals surface area contributed by atoms with E-state index in [1.54, 1.807) is 10.9 Å². The van der Waals surface area contributed by atoms with Crippen LogP contribution in [0.3, 0.4) is 0 Å². The molecule has 0 bridgehead atoms. The maximum absolute atomic E-state index is 12.4. The molecule has 0 radical (unpaired) electrons. The van der Waals surface area contributed by atoms with Crippen molar-refractivity contribution in [3.63, 3.8) is 0 Å². The third-order valence-corrected chi connectivity index (χ3v) is 4.15. The summed E-state index contributed by atoms with van der Waals surface area (Å²) in [4.78, 5) is 12.4. The van der Waals surface area contributed by atoms with Crippen LogP contribution in [0.5, 0.6) is 0 Å². The average molecular weight is 270 g/mol. The third-order valence-electron chi connectivity index (χ3n) is 3.88. The predicted molar refractivity (Wildman–Crippen MR) is 71.8 cm³/mol. The van der Waals surface area contributed by atoms with E-state index in [-0.39, 0.29) is 11.2 Å². The summed E-state index contributed by atoms with van der Waals surface area (Å²) in [7, 11) is 0. The van der Waals surface area contributed by atoms with Crippen LogP contribution in [0.15, 0.2) is 6.20 Å². The van der Waals surface area contributed by atoms with Crippen molar-refractivity contribution in [1.29, 1.82) is 0 Å². The Balaban J connectivity index is 2.15. The first-order valence-electron chi connectivity index (χ1n) is 6.56. The van der Waals surface area contributed by atoms with E-state index in [1.807, 2.05) is 0 Å². The Morgan fingerprint density at radius 1 is 1.61 bits per heavy atom. The van der Waals surface area contributed by atoms with Crippen molar-refractivity contribution in [3.05, 3.63) is 16.9 Å². The quantitative estimate of drug-likeness (QED) is 0.808. The van der Waals surface area contributed by atoms with Gasteiger partial charge in [-0.1, -0.05) is 24.9 Å². The number of carbonyl (C=O) groups is 1. The molecule has 0 amide bonds. The van der Waals surface area contributed by atoms with Crippen molar-refractivity contribution in [2.75, 3.05) is 6.54 Å². The second-order valence-corrected chi connectivity index (χ2v) is 5.63. The number of aryl methyl sites for hydroxylation is 1. The van der Waals surface area contributed by atoms with E-state index in [0.717, 1.165) is 25.8 Å². The van der Waals surface area contributed by atoms with E-state index in [0.29, 0.717) is 23.7 Å². The highest BCUT2D eigenvalue weighted by Gasteiger charge is 2.38. The normalized spacial score (nSPS) is 17.5. The first kappa shape index (κ1) is 13.6. The van der Waals surface area contributed by atoms with E-state index in [9.17, 15) is 4.79 Å². The van der Waals surface area contributed by atoms with E-state index in [2.05, 4.69) is 12.0 Å². The van der Waals surface area contributed by atoms with Crippen LogP contribution in [0, 0.1) is 5.41 Å². The van der Waals surface area contributed by atoms with Gasteiger partial charge >= 0.3 is 0 Å². The molecule has 1 aromatic heterocycles. The number of hydrogen-bond donors (Lipinski definition) is 1. The molecule has 1 aliphatic rings. The molecule has 4 nitrogen and oxygen atoms in total. The molecule has 0 aliphatic heterocycles. The Morgan fingerprint density at radius 3 is 2.83 bits per heavy atom. The van der Waals surface area contributed by atoms with Gasteiger partial charge in [-0.2, -0.15) is 5.10 Å². The van der Waals surface area contributed by atoms with Gasteiger partial charge in [0.2, 0.25) is 0 Å². The molecule has 0 aromatic carbocycles. The van der Waals surface area contributed by atoms with Crippen molar-refractivity contribution >= 4 is 17.4 Å². The molecule has 1 fully saturated rings. The standard InChI is InChI=1S/C13H20ClN3O/c1-2-6-17-12(10(14)8-16-17)11(18)7-13(9-15)4-3-5-13/h8H,2-7,9,15H2,1H3. The topological polar surface area (TPSA) is 60.9 Å². The zero-order valence-electron chi connectivity index (χ0n) is 10.8. The van der Waals surface area contributed by atoms with Crippen LogP contribution in [-0.4, -0.2) is 22.1 Å². The van der Waals surface area contributed by atoms with Gasteiger partial charge in [0.25, 0.3) is 0 Å². The van der Waals surface area contributed by atoms with Crippen LogP contribution in [0.1, 0.15) is 49.5 Å². The Kier molecular flexibility index (Phi) is 4.07. The highest BCUT2D eigenvalue weighted by Crippen LogP contribution is 2.43. The Hall–Kier alpha value is -0.870. The summed E-state index contributed by atoms with van der Waals surface area (Å²) >= 11 is 6.07. The number of hydrogen-bond acceptors (Lipinski definition) is 3. The molecule has 1 saturated carbocycles. The van der Waals surface area contributed by atoms with Gasteiger partial charge in [-0.05, 0) is 31.2 Å². The highest BCUT2D eigenvalue weighted by atomic mass is 35.5. The lowest BCUT2D eigenvalue weighted by Crippen LogP contribution is -2.39. The van der Waals surface area contributed by atoms with Gasteiger partial charge in [0, 0.05) is 13.0 Å². The van der Waals surface area contributed by atoms with Crippen molar-refractivity contribution in [2.45, 2.75) is 45.6 Å². The Bertz CT molecular complexity index is 432. The molecule has 0 spiro atoms. The van der Waals surface area contributed by atoms with Crippen LogP contribution < -0.4 is 5.73 Å². The number of ketones is 1. The van der Waals surface area contributed by atoms with Crippen LogP contribution in [0.2, 0.25) is 5.02 Å². The molecular weight excluding hydrogens is 250 g/mol. The van der Waals surface area contributed by atoms with Crippen LogP contribution in [0.4, 0.5) is 0 Å². The average Bonchev–Trinajstić information content (AvgIpc) is 2.66. The summed E-state index contributed by atoms with van der Waals surface area (Å²) in [6.45, 7) is 3.36. The zero-order valence-corrected chi connectivity index (χ0v) is 11.5. The first-order valence-corrected chi connectivity index (χ1v) is 6.94. The Morgan fingerprint density at radius 2 is 2.33 bits per heavy atom. The molecule has 18 heavy (non-hydrogen) atoms. The molecule has 5 heteroatoms. The fraction of sp³-hybridized carbons (Fsp3) is 0.692. The fourth-order valence-corrected chi connectivity index (χ4v) is 2.82. The molecule has 2 N–H and O–H groups in total. The van der Waals surface area contributed by atoms with Crippen LogP contribution in [-0.2, 0) is 6.54 Å². The number of nitrogens with two attached hydrogens (primary N) is 1. The van der Waals surface area contributed by atoms with Gasteiger partial charge in [0.05, 0.1) is 11.2 Å². The maximum atomic E-state index is 12.4. The maximum Gasteiger partial charge on any atom is 0.182 e. The lowest BCUT2D eigenvalue weighted by molar-refractivity contribution is 0.0775. The Labute approximate surface area is 112 Å². The van der Waals surface area contributed by atoms with E-state index in [4.69, 9.17) is 17.3 Å². The number of Topliss-reactive ketones (excluding diaryl/α,β-unsaturated/α-hetero) is 1. The summed E-state index contributed by atoms with van der Waals surface area (Å²) in [5.74, 6) is 0.0797. The second kappa shape index (κ2) is 5.41. The summed E-state index contributed by atoms with van der Waals surface area (Å²) in [5.41, 5.74) is 6.37. The highest BCUT2D eigenvalue weighted by molar-refractivity contribution is 6.33. The van der Waals surface area contributed by atoms with Gasteiger partial charge in [0.1, 0.15) is 5.69 Å². The first-order chi connectivity index (χ1) is 8.62. The molecule has 0 unspecified atom stereocenters. The summed E-state index contributed by atoms with van der Waals surface area (Å²) < 4.78 is 1.72. The number of rotatable bonds is 6. The zero-order chi connectivity index (χ0) is 13.2. The lowest BCUT2D eigenvalue weighted by Gasteiger charge is -2.40. The predicted octanol–water partition coefficient (Wildman–Crippen LogP) is 2.65. The lowest BCUT2D eigenvalue weighted by atomic mass is 9.66. The van der Waals surface area contributed by atoms with Crippen LogP contribution >= 0.6 is 11.6 Å². The van der Waals surface area contributed by atoms with Gasteiger partial charge in [-0.25, -0.2) is 0 Å². The molecule has 100 valence electrons. The van der Waals surface area contributed by atoms with Gasteiger partial charge < -0.3 is 5.73 Å². The molecule has 1 aliphatic carbocycles. The van der Waals surface area contributed by atoms with Crippen molar-refractivity contribution in [2.24, 2.45) is 11.1 Å². The molecular formula is C13H20ClN3O. The number of aromatic nitrogens is 2. The minimum absolute atomic E-state index is 0.0156. The van der Waals surface area contributed by atoms with Gasteiger partial charge in [0.15, 0.2) is 5.78 Å². The minimum Gasteiger partial charge on any atom is -0.330 e. The summed E-state index contributed by atoms with van der Waals surface area (Å²) in [6.07, 6.45) is 6.26. The van der Waals surface area contributed by atoms with E-state index < -0.39 is 0 Å². The molecule has 2 rings (SSSR count). The molecule has 0 saturated heterocycles. The smallest absolute Gasteiger partial charge is 0.182 e. The SMILES string of the molecule is CCCn1ncc(Cl)c1C(=O)CC1(CN)CCC1. The van der Waals surface area contributed by atoms with E-state index in [1.165, 1.54) is 6.42 Å². The van der Waals surface area contributed by atoms with Crippen molar-refractivity contribution < 1.29 is 4.79 Å². The molecule has 0 atom stereocenters. The summed E-state index contributed by atoms with van der Waals surface area (Å²) in [6, 6.07) is 0. The van der Waals surface area contributed by atoms with Gasteiger partial charge in [-0.15, -0.1) is 0 Å². The largest absolute Gasteiger partial charge is 0.330 e. The van der Waals surface area contributed by atoms with Crippen molar-refractivity contribution in [1.82, 2.24) is 9.78 Å². The van der Waals surface area contributed by atoms with Crippen LogP contribution in [0.25, 0.3) is 0 Å². The number of carbonyl (C=O) groups excluding carboxylic acids is 1. The number of halogens is 1. The third kappa shape index (κ3) is 2.45. The second-order valence-electron chi connectivity index (χ2n) is 5.22. The van der Waals surface area contributed by atoms with Crippen molar-refractivity contribution in [3.8, 4) is 0 Å². The van der Waals surface area contributed by atoms with Gasteiger partial charge in [-0.3, -0.25) is 9.48 Å². The fourth-order valence-electron chi connectivity index (χ4n) is 2.58. The minimum atomic E-state index is 0.0156. The van der Waals surface area contributed by atoms with E-state index >= 15 is 0 Å². The monoisotopic (exact) mass is 269 g/mol. The number of nitrogens with zero attached hydrogens (tertiary/aromatic N) is 2. The molecule has 1 aromatic rings.